The van der Waals surface area contributed by atoms with Gasteiger partial charge in [0.15, 0.2) is 0 Å². The number of carboxylic acids is 1. The van der Waals surface area contributed by atoms with Crippen molar-refractivity contribution in [2.75, 3.05) is 10.6 Å². The minimum Gasteiger partial charge on any atom is -0.478 e. The zero-order valence-corrected chi connectivity index (χ0v) is 13.3. The Kier molecular flexibility index (Phi) is 4.79. The van der Waals surface area contributed by atoms with Gasteiger partial charge in [0.2, 0.25) is 0 Å². The molecule has 2 aromatic rings. The molecule has 0 saturated heterocycles. The molecule has 0 aliphatic heterocycles. The summed E-state index contributed by atoms with van der Waals surface area (Å²) in [5.74, 6) is -1.08. The Labute approximate surface area is 135 Å². The number of nitrogens with one attached hydrogen (secondary N) is 2. The van der Waals surface area contributed by atoms with Gasteiger partial charge in [0.1, 0.15) is 0 Å². The van der Waals surface area contributed by atoms with Crippen LogP contribution in [0.5, 0.6) is 0 Å². The first-order valence-electron chi connectivity index (χ1n) is 6.14. The summed E-state index contributed by atoms with van der Waals surface area (Å²) in [6.07, 6.45) is 0. The molecule has 0 atom stereocenters. The number of halogens is 1. The number of carboxylic acid groups (broad SMARTS) is 1. The highest BCUT2D eigenvalue weighted by Gasteiger charge is 2.14. The second-order valence-corrected chi connectivity index (χ2v) is 5.63. The molecule has 0 bridgehead atoms. The molecule has 0 aliphatic carbocycles. The van der Waals surface area contributed by atoms with Crippen molar-refractivity contribution in [2.24, 2.45) is 0 Å². The quantitative estimate of drug-likeness (QED) is 0.688. The van der Waals surface area contributed by atoms with Gasteiger partial charge in [-0.05, 0) is 65.4 Å². The smallest absolute Gasteiger partial charge is 0.337 e. The van der Waals surface area contributed by atoms with Crippen molar-refractivity contribution in [3.63, 3.8) is 0 Å². The molecule has 6 heteroatoms. The summed E-state index contributed by atoms with van der Waals surface area (Å²) >= 11 is 2.17. The Balaban J connectivity index is 2.16. The summed E-state index contributed by atoms with van der Waals surface area (Å²) in [5.41, 5.74) is 1.69. The number of benzene rings is 2. The molecule has 0 aromatic heterocycles. The molecule has 3 N–H and O–H groups in total. The number of hydrogen-bond acceptors (Lipinski definition) is 2. The zero-order chi connectivity index (χ0) is 15.4. The first-order chi connectivity index (χ1) is 9.97. The second-order valence-electron chi connectivity index (χ2n) is 4.39. The van der Waals surface area contributed by atoms with Crippen LogP contribution >= 0.6 is 22.6 Å². The molecule has 0 unspecified atom stereocenters. The molecule has 2 aromatic carbocycles. The number of urea groups is 1. The van der Waals surface area contributed by atoms with Gasteiger partial charge >= 0.3 is 12.0 Å². The van der Waals surface area contributed by atoms with E-state index in [0.717, 1.165) is 3.57 Å². The Hall–Kier alpha value is -2.09. The first kappa shape index (κ1) is 15.3. The molecule has 0 fully saturated rings. The van der Waals surface area contributed by atoms with E-state index in [9.17, 15) is 9.59 Å². The number of hydrogen-bond donors (Lipinski definition) is 3. The average molecular weight is 396 g/mol. The van der Waals surface area contributed by atoms with E-state index in [1.54, 1.807) is 31.2 Å². The Morgan fingerprint density at radius 1 is 1.05 bits per heavy atom. The van der Waals surface area contributed by atoms with Gasteiger partial charge in [-0.25, -0.2) is 9.59 Å². The summed E-state index contributed by atoms with van der Waals surface area (Å²) in [6.45, 7) is 1.74. The van der Waals surface area contributed by atoms with Crippen molar-refractivity contribution in [1.29, 1.82) is 0 Å². The average Bonchev–Trinajstić information content (AvgIpc) is 2.43. The van der Waals surface area contributed by atoms with Crippen molar-refractivity contribution in [3.05, 3.63) is 57.2 Å². The van der Waals surface area contributed by atoms with Gasteiger partial charge in [-0.1, -0.05) is 12.1 Å². The van der Waals surface area contributed by atoms with Gasteiger partial charge in [0, 0.05) is 9.26 Å². The highest BCUT2D eigenvalue weighted by Crippen LogP contribution is 2.21. The van der Waals surface area contributed by atoms with Gasteiger partial charge in [-0.2, -0.15) is 0 Å². The van der Waals surface area contributed by atoms with Crippen LogP contribution in [-0.4, -0.2) is 17.1 Å². The summed E-state index contributed by atoms with van der Waals surface area (Å²) in [7, 11) is 0. The third-order valence-corrected chi connectivity index (χ3v) is 3.56. The lowest BCUT2D eigenvalue weighted by Crippen LogP contribution is -2.21. The largest absolute Gasteiger partial charge is 0.478 e. The van der Waals surface area contributed by atoms with Gasteiger partial charge in [-0.3, -0.25) is 0 Å². The minimum absolute atomic E-state index is 0.0627. The molecule has 21 heavy (non-hydrogen) atoms. The van der Waals surface area contributed by atoms with Crippen LogP contribution in [-0.2, 0) is 0 Å². The molecule has 0 saturated carbocycles. The molecule has 5 nitrogen and oxygen atoms in total. The van der Waals surface area contributed by atoms with E-state index in [1.807, 2.05) is 12.1 Å². The van der Waals surface area contributed by atoms with Crippen molar-refractivity contribution >= 4 is 46.0 Å². The van der Waals surface area contributed by atoms with Crippen LogP contribution in [0, 0.1) is 10.5 Å². The lowest BCUT2D eigenvalue weighted by Gasteiger charge is -2.12. The molecule has 2 amide bonds. The molecule has 0 spiro atoms. The van der Waals surface area contributed by atoms with Crippen LogP contribution in [0.1, 0.15) is 15.9 Å². The highest BCUT2D eigenvalue weighted by atomic mass is 127. The van der Waals surface area contributed by atoms with Crippen LogP contribution in [0.4, 0.5) is 16.2 Å². The fraction of sp³-hybridized carbons (Fsp3) is 0.0667. The maximum Gasteiger partial charge on any atom is 0.337 e. The molecule has 2 rings (SSSR count). The van der Waals surface area contributed by atoms with E-state index in [-0.39, 0.29) is 5.56 Å². The normalized spacial score (nSPS) is 10.0. The van der Waals surface area contributed by atoms with E-state index < -0.39 is 12.0 Å². The molecule has 0 radical (unpaired) electrons. The number of carbonyl (C=O) groups excluding carboxylic acids is 1. The SMILES string of the molecule is Cc1cccc(C(=O)O)c1NC(=O)Nc1ccc(I)cc1. The molecule has 0 aliphatic rings. The Morgan fingerprint density at radius 2 is 1.71 bits per heavy atom. The van der Waals surface area contributed by atoms with E-state index in [1.165, 1.54) is 6.07 Å². The molecule has 0 heterocycles. The Bertz CT molecular complexity index is 684. The van der Waals surface area contributed by atoms with Gasteiger partial charge in [0.25, 0.3) is 0 Å². The number of para-hydroxylation sites is 1. The lowest BCUT2D eigenvalue weighted by atomic mass is 10.1. The number of amides is 2. The van der Waals surface area contributed by atoms with E-state index >= 15 is 0 Å². The maximum atomic E-state index is 12.0. The van der Waals surface area contributed by atoms with Crippen molar-refractivity contribution in [3.8, 4) is 0 Å². The predicted molar refractivity (Wildman–Crippen MR) is 89.9 cm³/mol. The summed E-state index contributed by atoms with van der Waals surface area (Å²) < 4.78 is 1.06. The topological polar surface area (TPSA) is 78.4 Å². The van der Waals surface area contributed by atoms with Gasteiger partial charge in [-0.15, -0.1) is 0 Å². The third kappa shape index (κ3) is 3.94. The van der Waals surface area contributed by atoms with Crippen LogP contribution in [0.15, 0.2) is 42.5 Å². The zero-order valence-electron chi connectivity index (χ0n) is 11.2. The van der Waals surface area contributed by atoms with Crippen molar-refractivity contribution in [1.82, 2.24) is 0 Å². The van der Waals surface area contributed by atoms with Crippen LogP contribution in [0.25, 0.3) is 0 Å². The molecular weight excluding hydrogens is 383 g/mol. The number of aryl methyl sites for hydroxylation is 1. The maximum absolute atomic E-state index is 12.0. The molecular formula is C15H13IN2O3. The highest BCUT2D eigenvalue weighted by molar-refractivity contribution is 14.1. The number of aromatic carboxylic acids is 1. The van der Waals surface area contributed by atoms with Gasteiger partial charge in [0.05, 0.1) is 11.3 Å². The van der Waals surface area contributed by atoms with Crippen molar-refractivity contribution in [2.45, 2.75) is 6.92 Å². The predicted octanol–water partition coefficient (Wildman–Crippen LogP) is 3.94. The molecule has 108 valence electrons. The lowest BCUT2D eigenvalue weighted by molar-refractivity contribution is 0.0698. The fourth-order valence-corrected chi connectivity index (χ4v) is 2.18. The summed E-state index contributed by atoms with van der Waals surface area (Å²) in [4.78, 5) is 23.2. The number of anilines is 2. The number of rotatable bonds is 3. The standard InChI is InChI=1S/C15H13IN2O3/c1-9-3-2-4-12(14(19)20)13(9)18-15(21)17-11-7-5-10(16)6-8-11/h2-8H,1H3,(H,19,20)(H2,17,18,21). The second kappa shape index (κ2) is 6.57. The summed E-state index contributed by atoms with van der Waals surface area (Å²) in [5, 5.41) is 14.4. The van der Waals surface area contributed by atoms with Crippen LogP contribution < -0.4 is 10.6 Å². The fourth-order valence-electron chi connectivity index (χ4n) is 1.82. The monoisotopic (exact) mass is 396 g/mol. The van der Waals surface area contributed by atoms with E-state index in [4.69, 9.17) is 5.11 Å². The minimum atomic E-state index is -1.08. The Morgan fingerprint density at radius 3 is 2.33 bits per heavy atom. The third-order valence-electron chi connectivity index (χ3n) is 2.84. The van der Waals surface area contributed by atoms with Gasteiger partial charge < -0.3 is 15.7 Å². The van der Waals surface area contributed by atoms with E-state index in [0.29, 0.717) is 16.9 Å². The van der Waals surface area contributed by atoms with Crippen LogP contribution in [0.2, 0.25) is 0 Å². The van der Waals surface area contributed by atoms with E-state index in [2.05, 4.69) is 33.2 Å². The van der Waals surface area contributed by atoms with Crippen LogP contribution in [0.3, 0.4) is 0 Å². The number of carbonyl (C=O) groups is 2. The van der Waals surface area contributed by atoms with Crippen molar-refractivity contribution < 1.29 is 14.7 Å². The first-order valence-corrected chi connectivity index (χ1v) is 7.21. The summed E-state index contributed by atoms with van der Waals surface area (Å²) in [6, 6.07) is 11.6.